The minimum atomic E-state index is -3.61. The highest BCUT2D eigenvalue weighted by Gasteiger charge is 2.26. The first-order valence-electron chi connectivity index (χ1n) is 11.7. The Morgan fingerprint density at radius 3 is 2.51 bits per heavy atom. The zero-order chi connectivity index (χ0) is 24.6. The number of methoxy groups -OCH3 is 1. The van der Waals surface area contributed by atoms with Crippen molar-refractivity contribution in [2.75, 3.05) is 25.5 Å². The second-order valence-electron chi connectivity index (χ2n) is 8.67. The van der Waals surface area contributed by atoms with Gasteiger partial charge in [0.15, 0.2) is 5.82 Å². The van der Waals surface area contributed by atoms with Crippen LogP contribution in [0.4, 0.5) is 5.69 Å². The molecule has 5 rings (SSSR count). The van der Waals surface area contributed by atoms with Gasteiger partial charge in [-0.25, -0.2) is 8.42 Å². The van der Waals surface area contributed by atoms with Crippen LogP contribution < -0.4 is 15.6 Å². The van der Waals surface area contributed by atoms with Crippen LogP contribution in [0.5, 0.6) is 5.75 Å². The number of nitrogens with one attached hydrogen (secondary N) is 1. The first-order chi connectivity index (χ1) is 16.9. The largest absolute Gasteiger partial charge is 0.495 e. The van der Waals surface area contributed by atoms with Crippen LogP contribution >= 0.6 is 0 Å². The SMILES string of the molecule is COc1ccc(S(=O)(=O)N2CCCCCC2)cc1NCc1nnc2n(C)c(=O)c3ccccc3n12. The van der Waals surface area contributed by atoms with E-state index in [9.17, 15) is 13.2 Å². The summed E-state index contributed by atoms with van der Waals surface area (Å²) in [6.07, 6.45) is 3.84. The normalized spacial score (nSPS) is 15.4. The van der Waals surface area contributed by atoms with Crippen LogP contribution in [-0.2, 0) is 23.6 Å². The van der Waals surface area contributed by atoms with Crippen molar-refractivity contribution in [3.8, 4) is 5.75 Å². The highest BCUT2D eigenvalue weighted by atomic mass is 32.2. The Morgan fingerprint density at radius 1 is 1.03 bits per heavy atom. The Kier molecular flexibility index (Phi) is 6.20. The summed E-state index contributed by atoms with van der Waals surface area (Å²) >= 11 is 0. The number of para-hydroxylation sites is 1. The standard InChI is InChI=1S/C24H28N6O4S/c1-28-23(31)18-9-5-6-10-20(18)30-22(26-27-24(28)30)16-25-19-15-17(11-12-21(19)34-2)35(32,33)29-13-7-3-4-8-14-29/h5-6,9-12,15,25H,3-4,7-8,13-14,16H2,1-2H3. The number of rotatable bonds is 6. The van der Waals surface area contributed by atoms with E-state index in [1.807, 2.05) is 22.6 Å². The molecule has 2 aromatic carbocycles. The van der Waals surface area contributed by atoms with Gasteiger partial charge in [-0.2, -0.15) is 4.31 Å². The Morgan fingerprint density at radius 2 is 1.77 bits per heavy atom. The summed E-state index contributed by atoms with van der Waals surface area (Å²) in [7, 11) is -0.408. The van der Waals surface area contributed by atoms with Gasteiger partial charge in [0.25, 0.3) is 5.56 Å². The van der Waals surface area contributed by atoms with Crippen LogP contribution in [0.15, 0.2) is 52.2 Å². The van der Waals surface area contributed by atoms with E-state index in [0.29, 0.717) is 47.0 Å². The molecule has 3 heterocycles. The van der Waals surface area contributed by atoms with Gasteiger partial charge in [0, 0.05) is 20.1 Å². The molecule has 2 aromatic heterocycles. The molecule has 0 spiro atoms. The third kappa shape index (κ3) is 4.14. The lowest BCUT2D eigenvalue weighted by Crippen LogP contribution is -2.32. The molecule has 0 bridgehead atoms. The molecule has 0 aliphatic carbocycles. The summed E-state index contributed by atoms with van der Waals surface area (Å²) in [6, 6.07) is 12.2. The molecular weight excluding hydrogens is 468 g/mol. The van der Waals surface area contributed by atoms with Crippen molar-refractivity contribution >= 4 is 32.4 Å². The summed E-state index contributed by atoms with van der Waals surface area (Å²) < 4.78 is 37.0. The average Bonchev–Trinajstić information content (AvgIpc) is 3.10. The lowest BCUT2D eigenvalue weighted by atomic mass is 10.2. The van der Waals surface area contributed by atoms with E-state index in [1.54, 1.807) is 42.7 Å². The molecule has 1 aliphatic heterocycles. The maximum absolute atomic E-state index is 13.3. The number of fused-ring (bicyclic) bond motifs is 3. The molecule has 0 amide bonds. The van der Waals surface area contributed by atoms with Crippen molar-refractivity contribution < 1.29 is 13.2 Å². The number of sulfonamides is 1. The van der Waals surface area contributed by atoms with Gasteiger partial charge in [-0.15, -0.1) is 10.2 Å². The van der Waals surface area contributed by atoms with Crippen molar-refractivity contribution in [2.24, 2.45) is 7.05 Å². The molecule has 35 heavy (non-hydrogen) atoms. The zero-order valence-corrected chi connectivity index (χ0v) is 20.6. The van der Waals surface area contributed by atoms with Gasteiger partial charge in [-0.3, -0.25) is 13.8 Å². The van der Waals surface area contributed by atoms with Crippen LogP contribution in [0.3, 0.4) is 0 Å². The Balaban J connectivity index is 1.50. The number of aryl methyl sites for hydroxylation is 1. The smallest absolute Gasteiger partial charge is 0.262 e. The maximum Gasteiger partial charge on any atom is 0.262 e. The third-order valence-electron chi connectivity index (χ3n) is 6.50. The molecule has 1 N–H and O–H groups in total. The fraction of sp³-hybridized carbons (Fsp3) is 0.375. The van der Waals surface area contributed by atoms with E-state index in [4.69, 9.17) is 4.74 Å². The van der Waals surface area contributed by atoms with Crippen LogP contribution in [0.2, 0.25) is 0 Å². The predicted octanol–water partition coefficient (Wildman–Crippen LogP) is 2.77. The van der Waals surface area contributed by atoms with Crippen molar-refractivity contribution in [1.29, 1.82) is 0 Å². The van der Waals surface area contributed by atoms with Gasteiger partial charge in [0.05, 0.1) is 35.1 Å². The number of aromatic nitrogens is 4. The molecular formula is C24H28N6O4S. The monoisotopic (exact) mass is 496 g/mol. The molecule has 0 radical (unpaired) electrons. The highest BCUT2D eigenvalue weighted by molar-refractivity contribution is 7.89. The summed E-state index contributed by atoms with van der Waals surface area (Å²) in [5, 5.41) is 12.3. The molecule has 0 saturated carbocycles. The molecule has 0 atom stereocenters. The number of hydrogen-bond acceptors (Lipinski definition) is 7. The second kappa shape index (κ2) is 9.31. The summed E-state index contributed by atoms with van der Waals surface area (Å²) in [4.78, 5) is 12.9. The third-order valence-corrected chi connectivity index (χ3v) is 8.40. The fourth-order valence-corrected chi connectivity index (χ4v) is 6.14. The molecule has 11 heteroatoms. The predicted molar refractivity (Wildman–Crippen MR) is 133 cm³/mol. The van der Waals surface area contributed by atoms with E-state index in [1.165, 1.54) is 4.57 Å². The van der Waals surface area contributed by atoms with E-state index < -0.39 is 10.0 Å². The summed E-state index contributed by atoms with van der Waals surface area (Å²) in [6.45, 7) is 1.32. The minimum Gasteiger partial charge on any atom is -0.495 e. The Hall–Kier alpha value is -3.44. The van der Waals surface area contributed by atoms with Crippen molar-refractivity contribution in [1.82, 2.24) is 23.5 Å². The number of ether oxygens (including phenoxy) is 1. The van der Waals surface area contributed by atoms with Gasteiger partial charge in [-0.1, -0.05) is 25.0 Å². The lowest BCUT2D eigenvalue weighted by molar-refractivity contribution is 0.414. The number of anilines is 1. The molecule has 1 saturated heterocycles. The molecule has 1 aliphatic rings. The number of benzene rings is 2. The molecule has 0 unspecified atom stereocenters. The van der Waals surface area contributed by atoms with E-state index in [0.717, 1.165) is 25.7 Å². The van der Waals surface area contributed by atoms with Gasteiger partial charge in [0.2, 0.25) is 15.8 Å². The second-order valence-corrected chi connectivity index (χ2v) is 10.6. The quantitative estimate of drug-likeness (QED) is 0.437. The maximum atomic E-state index is 13.3. The topological polar surface area (TPSA) is 111 Å². The number of hydrogen-bond donors (Lipinski definition) is 1. The van der Waals surface area contributed by atoms with Gasteiger partial charge in [-0.05, 0) is 43.2 Å². The Labute approximate surface area is 203 Å². The summed E-state index contributed by atoms with van der Waals surface area (Å²) in [5.41, 5.74) is 1.10. The van der Waals surface area contributed by atoms with Crippen molar-refractivity contribution in [3.05, 3.63) is 58.6 Å². The minimum absolute atomic E-state index is 0.145. The van der Waals surface area contributed by atoms with Crippen LogP contribution in [0, 0.1) is 0 Å². The molecule has 4 aromatic rings. The molecule has 1 fully saturated rings. The lowest BCUT2D eigenvalue weighted by Gasteiger charge is -2.21. The number of nitrogens with zero attached hydrogens (tertiary/aromatic N) is 5. The zero-order valence-electron chi connectivity index (χ0n) is 19.8. The van der Waals surface area contributed by atoms with Gasteiger partial charge < -0.3 is 10.1 Å². The first kappa shape index (κ1) is 23.3. The van der Waals surface area contributed by atoms with Gasteiger partial charge in [0.1, 0.15) is 5.75 Å². The van der Waals surface area contributed by atoms with Gasteiger partial charge >= 0.3 is 0 Å². The molecule has 184 valence electrons. The average molecular weight is 497 g/mol. The van der Waals surface area contributed by atoms with Crippen LogP contribution in [0.25, 0.3) is 16.7 Å². The fourth-order valence-electron chi connectivity index (χ4n) is 4.60. The van der Waals surface area contributed by atoms with Crippen LogP contribution in [0.1, 0.15) is 31.5 Å². The van der Waals surface area contributed by atoms with E-state index in [-0.39, 0.29) is 17.0 Å². The summed E-state index contributed by atoms with van der Waals surface area (Å²) in [5.74, 6) is 1.52. The first-order valence-corrected chi connectivity index (χ1v) is 13.1. The van der Waals surface area contributed by atoms with Crippen molar-refractivity contribution in [3.63, 3.8) is 0 Å². The Bertz CT molecular complexity index is 1550. The van der Waals surface area contributed by atoms with Crippen LogP contribution in [-0.4, -0.2) is 52.1 Å². The van der Waals surface area contributed by atoms with E-state index >= 15 is 0 Å². The highest BCUT2D eigenvalue weighted by Crippen LogP contribution is 2.30. The van der Waals surface area contributed by atoms with Crippen molar-refractivity contribution in [2.45, 2.75) is 37.1 Å². The van der Waals surface area contributed by atoms with E-state index in [2.05, 4.69) is 15.5 Å². The molecule has 10 nitrogen and oxygen atoms in total.